The number of rotatable bonds is 2. The van der Waals surface area contributed by atoms with Crippen LogP contribution < -0.4 is 15.2 Å². The lowest BCUT2D eigenvalue weighted by atomic mass is 9.98. The van der Waals surface area contributed by atoms with E-state index in [-0.39, 0.29) is 22.7 Å². The first kappa shape index (κ1) is 18.6. The molecule has 2 amide bonds. The van der Waals surface area contributed by atoms with Gasteiger partial charge in [-0.2, -0.15) is 5.10 Å². The minimum atomic E-state index is -3.54. The molecule has 3 aliphatic rings. The van der Waals surface area contributed by atoms with E-state index in [1.165, 1.54) is 6.20 Å². The third-order valence-corrected chi connectivity index (χ3v) is 7.18. The van der Waals surface area contributed by atoms with Crippen LogP contribution in [-0.2, 0) is 42.1 Å². The number of nitrogens with zero attached hydrogens (tertiary/aromatic N) is 3. The summed E-state index contributed by atoms with van der Waals surface area (Å²) in [4.78, 5) is 12.8. The number of carbonyl (C=O) groups excluding carboxylic acids is 1. The van der Waals surface area contributed by atoms with E-state index >= 15 is 0 Å². The Morgan fingerprint density at radius 1 is 1.28 bits per heavy atom. The summed E-state index contributed by atoms with van der Waals surface area (Å²) in [6.07, 6.45) is 5.65. The fraction of sp³-hybridized carbons (Fsp3) is 0.474. The molecule has 8 nitrogen and oxygen atoms in total. The Hall–Kier alpha value is -2.46. The molecule has 1 aromatic carbocycles. The molecule has 1 aliphatic heterocycles. The minimum Gasteiger partial charge on any atom is -0.472 e. The van der Waals surface area contributed by atoms with Crippen molar-refractivity contribution in [3.8, 4) is 5.88 Å². The number of nitrogens with two attached hydrogens (primary N) is 1. The Bertz CT molecular complexity index is 1130. The maximum absolute atomic E-state index is 14.8. The number of hydrogen-bond donors (Lipinski definition) is 2. The van der Waals surface area contributed by atoms with Crippen LogP contribution in [0.2, 0.25) is 0 Å². The van der Waals surface area contributed by atoms with Gasteiger partial charge in [-0.25, -0.2) is 23.2 Å². The number of fused-ring (bicyclic) bond motifs is 3. The third kappa shape index (κ3) is 2.93. The molecule has 1 aromatic heterocycles. The van der Waals surface area contributed by atoms with Gasteiger partial charge in [0.05, 0.1) is 12.7 Å². The van der Waals surface area contributed by atoms with E-state index in [2.05, 4.69) is 14.8 Å². The van der Waals surface area contributed by atoms with Crippen molar-refractivity contribution in [2.75, 3.05) is 5.32 Å². The molecule has 0 saturated carbocycles. The van der Waals surface area contributed by atoms with Crippen LogP contribution in [0.1, 0.15) is 42.0 Å². The van der Waals surface area contributed by atoms with E-state index in [1.54, 1.807) is 4.68 Å². The Kier molecular flexibility index (Phi) is 4.18. The largest absolute Gasteiger partial charge is 0.472 e. The summed E-state index contributed by atoms with van der Waals surface area (Å²) in [6.45, 7) is 2.38. The van der Waals surface area contributed by atoms with Gasteiger partial charge in [0.15, 0.2) is 9.92 Å². The maximum atomic E-state index is 14.8. The number of carbonyl (C=O) groups is 1. The average Bonchev–Trinajstić information content (AvgIpc) is 3.40. The molecule has 3 N–H and O–H groups in total. The van der Waals surface area contributed by atoms with Gasteiger partial charge in [0.25, 0.3) is 0 Å². The average molecular weight is 419 g/mol. The van der Waals surface area contributed by atoms with E-state index in [0.29, 0.717) is 49.0 Å². The molecule has 2 aliphatic carbocycles. The first-order valence-electron chi connectivity index (χ1n) is 9.78. The first-order valence-corrected chi connectivity index (χ1v) is 11.4. The summed E-state index contributed by atoms with van der Waals surface area (Å²) in [5.41, 5.74) is 3.66. The van der Waals surface area contributed by atoms with Crippen LogP contribution in [-0.4, -0.2) is 26.1 Å². The van der Waals surface area contributed by atoms with Gasteiger partial charge in [0.1, 0.15) is 16.8 Å². The van der Waals surface area contributed by atoms with Crippen LogP contribution in [0.15, 0.2) is 15.5 Å². The normalized spacial score (nSPS) is 21.1. The molecule has 29 heavy (non-hydrogen) atoms. The van der Waals surface area contributed by atoms with Crippen molar-refractivity contribution in [3.63, 3.8) is 0 Å². The third-order valence-electron chi connectivity index (χ3n) is 5.84. The maximum Gasteiger partial charge on any atom is 0.354 e. The summed E-state index contributed by atoms with van der Waals surface area (Å²) in [6, 6.07) is -0.807. The summed E-state index contributed by atoms with van der Waals surface area (Å²) in [7, 11) is -3.54. The van der Waals surface area contributed by atoms with E-state index in [4.69, 9.17) is 9.88 Å². The van der Waals surface area contributed by atoms with Crippen molar-refractivity contribution in [2.24, 2.45) is 9.50 Å². The predicted octanol–water partition coefficient (Wildman–Crippen LogP) is 2.71. The number of anilines is 1. The lowest BCUT2D eigenvalue weighted by Crippen LogP contribution is -2.19. The quantitative estimate of drug-likeness (QED) is 0.779. The second-order valence-corrected chi connectivity index (χ2v) is 9.58. The van der Waals surface area contributed by atoms with Gasteiger partial charge in [-0.3, -0.25) is 0 Å². The molecular weight excluding hydrogens is 397 g/mol. The number of ether oxygens (including phenoxy) is 1. The summed E-state index contributed by atoms with van der Waals surface area (Å²) < 4.78 is 38.7. The van der Waals surface area contributed by atoms with Crippen LogP contribution in [0.3, 0.4) is 0 Å². The fourth-order valence-corrected chi connectivity index (χ4v) is 5.61. The second kappa shape index (κ2) is 6.53. The standard InChI is InChI=1S/C19H22FN5O3S/c1-10-9-25-18(28-10)15(8-22-25)29(21,27)24-19(26)23-17-13-6-2-4-11(13)16(20)12-5-3-7-14(12)17/h8,10H,2-7,9H2,1H3,(H3,21,23,24,26,27)/t10-,29?/m1/s1. The smallest absolute Gasteiger partial charge is 0.354 e. The van der Waals surface area contributed by atoms with Crippen molar-refractivity contribution < 1.29 is 18.1 Å². The number of urea groups is 1. The zero-order chi connectivity index (χ0) is 20.3. The molecule has 0 bridgehead atoms. The highest BCUT2D eigenvalue weighted by Gasteiger charge is 2.31. The van der Waals surface area contributed by atoms with Crippen molar-refractivity contribution in [1.29, 1.82) is 0 Å². The number of halogens is 1. The minimum absolute atomic E-state index is 0.103. The van der Waals surface area contributed by atoms with Gasteiger partial charge < -0.3 is 10.1 Å². The van der Waals surface area contributed by atoms with Crippen LogP contribution in [0.5, 0.6) is 5.88 Å². The van der Waals surface area contributed by atoms with Crippen LogP contribution in [0.25, 0.3) is 0 Å². The highest BCUT2D eigenvalue weighted by Crippen LogP contribution is 2.41. The molecule has 0 fully saturated rings. The lowest BCUT2D eigenvalue weighted by Gasteiger charge is -2.16. The van der Waals surface area contributed by atoms with E-state index < -0.39 is 15.9 Å². The number of amides is 2. The van der Waals surface area contributed by atoms with Gasteiger partial charge >= 0.3 is 6.03 Å². The zero-order valence-corrected chi connectivity index (χ0v) is 16.9. The predicted molar refractivity (Wildman–Crippen MR) is 105 cm³/mol. The monoisotopic (exact) mass is 419 g/mol. The topological polar surface area (TPSA) is 112 Å². The highest BCUT2D eigenvalue weighted by molar-refractivity contribution is 7.91. The van der Waals surface area contributed by atoms with Crippen LogP contribution >= 0.6 is 0 Å². The number of nitrogens with one attached hydrogen (secondary N) is 1. The van der Waals surface area contributed by atoms with Crippen LogP contribution in [0.4, 0.5) is 14.9 Å². The van der Waals surface area contributed by atoms with Gasteiger partial charge in [-0.15, -0.1) is 4.36 Å². The molecule has 2 aromatic rings. The second-order valence-electron chi connectivity index (χ2n) is 7.82. The molecule has 154 valence electrons. The van der Waals surface area contributed by atoms with Gasteiger partial charge in [-0.05, 0) is 67.7 Å². The highest BCUT2D eigenvalue weighted by atomic mass is 32.2. The number of benzene rings is 1. The number of aromatic nitrogens is 2. The molecule has 10 heteroatoms. The van der Waals surface area contributed by atoms with E-state index in [1.807, 2.05) is 6.92 Å². The number of hydrogen-bond acceptors (Lipinski definition) is 4. The Balaban J connectivity index is 1.50. The molecule has 1 unspecified atom stereocenters. The molecule has 2 heterocycles. The summed E-state index contributed by atoms with van der Waals surface area (Å²) >= 11 is 0. The molecule has 2 atom stereocenters. The van der Waals surface area contributed by atoms with Crippen molar-refractivity contribution in [2.45, 2.75) is 63.0 Å². The summed E-state index contributed by atoms with van der Waals surface area (Å²) in [5, 5.41) is 12.8. The molecule has 0 spiro atoms. The molecular formula is C19H22FN5O3S. The van der Waals surface area contributed by atoms with Gasteiger partial charge in [0.2, 0.25) is 5.88 Å². The zero-order valence-electron chi connectivity index (χ0n) is 16.0. The SMILES string of the molecule is C[C@@H]1Cn2ncc(S(N)(=O)=NC(=O)Nc3c4c(c(F)c5c3CCC5)CCC4)c2O1. The van der Waals surface area contributed by atoms with Crippen LogP contribution in [0, 0.1) is 5.82 Å². The van der Waals surface area contributed by atoms with E-state index in [9.17, 15) is 13.4 Å². The molecule has 5 rings (SSSR count). The van der Waals surface area contributed by atoms with Gasteiger partial charge in [0, 0.05) is 5.69 Å². The van der Waals surface area contributed by atoms with Crippen molar-refractivity contribution in [3.05, 3.63) is 34.3 Å². The van der Waals surface area contributed by atoms with Gasteiger partial charge in [-0.1, -0.05) is 0 Å². The Morgan fingerprint density at radius 3 is 2.55 bits per heavy atom. The summed E-state index contributed by atoms with van der Waals surface area (Å²) in [5.74, 6) is 0.161. The van der Waals surface area contributed by atoms with Crippen molar-refractivity contribution >= 4 is 21.6 Å². The Labute approximate surface area is 167 Å². The Morgan fingerprint density at radius 2 is 1.90 bits per heavy atom. The van der Waals surface area contributed by atoms with Crippen molar-refractivity contribution in [1.82, 2.24) is 9.78 Å². The lowest BCUT2D eigenvalue weighted by molar-refractivity contribution is 0.248. The fourth-order valence-electron chi connectivity index (χ4n) is 4.62. The molecule has 0 radical (unpaired) electrons. The first-order chi connectivity index (χ1) is 13.8. The van der Waals surface area contributed by atoms with E-state index in [0.717, 1.165) is 24.0 Å². The molecule has 0 saturated heterocycles.